The van der Waals surface area contributed by atoms with Gasteiger partial charge in [-0.3, -0.25) is 24.0 Å². The van der Waals surface area contributed by atoms with Crippen molar-refractivity contribution in [1.29, 1.82) is 0 Å². The minimum absolute atomic E-state index is 0.0574. The van der Waals surface area contributed by atoms with Crippen molar-refractivity contribution in [2.75, 3.05) is 6.61 Å². The summed E-state index contributed by atoms with van der Waals surface area (Å²) in [4.78, 5) is 69.8. The van der Waals surface area contributed by atoms with Gasteiger partial charge in [0.05, 0.1) is 25.5 Å². The fourth-order valence-corrected chi connectivity index (χ4v) is 2.40. The molecule has 0 heterocycles. The molecular formula is C17H29N5O9. The van der Waals surface area contributed by atoms with Gasteiger partial charge in [0, 0.05) is 0 Å². The van der Waals surface area contributed by atoms with Gasteiger partial charge in [-0.1, -0.05) is 13.8 Å². The Labute approximate surface area is 177 Å². The van der Waals surface area contributed by atoms with Crippen LogP contribution < -0.4 is 27.4 Å². The van der Waals surface area contributed by atoms with Gasteiger partial charge in [0.25, 0.3) is 0 Å². The fraction of sp³-hybridized carbons (Fsp3) is 0.647. The van der Waals surface area contributed by atoms with Crippen molar-refractivity contribution in [3.63, 3.8) is 0 Å². The second-order valence-corrected chi connectivity index (χ2v) is 7.21. The van der Waals surface area contributed by atoms with Crippen LogP contribution in [0.1, 0.15) is 33.1 Å². The number of carboxylic acid groups (broad SMARTS) is 2. The molecule has 10 N–H and O–H groups in total. The summed E-state index contributed by atoms with van der Waals surface area (Å²) in [6, 6.07) is -6.03. The van der Waals surface area contributed by atoms with E-state index in [-0.39, 0.29) is 12.3 Å². The van der Waals surface area contributed by atoms with Crippen LogP contribution in [0, 0.1) is 5.92 Å². The number of carbonyl (C=O) groups is 6. The van der Waals surface area contributed by atoms with Crippen molar-refractivity contribution in [2.45, 2.75) is 57.3 Å². The number of primary amides is 1. The SMILES string of the molecule is CC(C)CC(NC(=O)C(CC(=O)O)NC(=O)C(CO)NC(=O)C(N)CC(N)=O)C(=O)O. The van der Waals surface area contributed by atoms with Gasteiger partial charge in [-0.25, -0.2) is 4.79 Å². The van der Waals surface area contributed by atoms with Crippen LogP contribution in [0.4, 0.5) is 0 Å². The van der Waals surface area contributed by atoms with E-state index < -0.39 is 79.2 Å². The summed E-state index contributed by atoms with van der Waals surface area (Å²) in [6.45, 7) is 2.50. The molecule has 0 rings (SSSR count). The van der Waals surface area contributed by atoms with Gasteiger partial charge in [0.2, 0.25) is 23.6 Å². The van der Waals surface area contributed by atoms with Crippen LogP contribution in [0.15, 0.2) is 0 Å². The number of aliphatic hydroxyl groups is 1. The summed E-state index contributed by atoms with van der Waals surface area (Å²) < 4.78 is 0. The van der Waals surface area contributed by atoms with Crippen molar-refractivity contribution in [1.82, 2.24) is 16.0 Å². The maximum absolute atomic E-state index is 12.4. The highest BCUT2D eigenvalue weighted by Crippen LogP contribution is 2.06. The van der Waals surface area contributed by atoms with E-state index in [4.69, 9.17) is 16.6 Å². The first-order chi connectivity index (χ1) is 14.3. The smallest absolute Gasteiger partial charge is 0.326 e. The van der Waals surface area contributed by atoms with Gasteiger partial charge in [-0.05, 0) is 12.3 Å². The van der Waals surface area contributed by atoms with E-state index in [9.17, 15) is 39.0 Å². The van der Waals surface area contributed by atoms with E-state index in [1.807, 2.05) is 10.6 Å². The Balaban J connectivity index is 5.29. The number of hydrogen-bond acceptors (Lipinski definition) is 8. The third kappa shape index (κ3) is 10.9. The molecule has 31 heavy (non-hydrogen) atoms. The molecular weight excluding hydrogens is 418 g/mol. The lowest BCUT2D eigenvalue weighted by molar-refractivity contribution is -0.144. The molecule has 4 atom stereocenters. The first-order valence-corrected chi connectivity index (χ1v) is 9.28. The number of hydrogen-bond donors (Lipinski definition) is 8. The second kappa shape index (κ2) is 13.1. The highest BCUT2D eigenvalue weighted by Gasteiger charge is 2.31. The topological polar surface area (TPSA) is 251 Å². The fourth-order valence-electron chi connectivity index (χ4n) is 2.40. The molecule has 14 nitrogen and oxygen atoms in total. The van der Waals surface area contributed by atoms with Crippen LogP contribution in [0.2, 0.25) is 0 Å². The van der Waals surface area contributed by atoms with Gasteiger partial charge in [0.1, 0.15) is 18.1 Å². The standard InChI is InChI=1S/C17H29N5O9/c1-7(2)3-10(17(30)31)21-15(28)9(5-13(25)26)20-16(29)11(6-23)22-14(27)8(18)4-12(19)24/h7-11,23H,3-6,18H2,1-2H3,(H2,19,24)(H,20,29)(H,21,28)(H,22,27)(H,25,26)(H,30,31). The lowest BCUT2D eigenvalue weighted by Crippen LogP contribution is -2.58. The zero-order valence-electron chi connectivity index (χ0n) is 17.2. The molecule has 4 unspecified atom stereocenters. The van der Waals surface area contributed by atoms with Gasteiger partial charge in [-0.15, -0.1) is 0 Å². The van der Waals surface area contributed by atoms with Crippen molar-refractivity contribution >= 4 is 35.6 Å². The van der Waals surface area contributed by atoms with Crippen LogP contribution in [-0.2, 0) is 28.8 Å². The monoisotopic (exact) mass is 447 g/mol. The van der Waals surface area contributed by atoms with E-state index in [1.54, 1.807) is 13.8 Å². The second-order valence-electron chi connectivity index (χ2n) is 7.21. The van der Waals surface area contributed by atoms with Gasteiger partial charge >= 0.3 is 11.9 Å². The summed E-state index contributed by atoms with van der Waals surface area (Å²) in [6.07, 6.45) is -1.36. The summed E-state index contributed by atoms with van der Waals surface area (Å²) in [5.74, 6) is -6.98. The van der Waals surface area contributed by atoms with Crippen molar-refractivity contribution in [3.05, 3.63) is 0 Å². The largest absolute Gasteiger partial charge is 0.481 e. The molecule has 0 aliphatic carbocycles. The Hall–Kier alpha value is -3.26. The molecule has 0 saturated heterocycles. The zero-order chi connectivity index (χ0) is 24.3. The highest BCUT2D eigenvalue weighted by atomic mass is 16.4. The van der Waals surface area contributed by atoms with E-state index in [0.717, 1.165) is 0 Å². The number of nitrogens with two attached hydrogens (primary N) is 2. The third-order valence-corrected chi connectivity index (χ3v) is 3.91. The minimum atomic E-state index is -1.69. The Kier molecular flexibility index (Phi) is 11.7. The first kappa shape index (κ1) is 27.7. The quantitative estimate of drug-likeness (QED) is 0.129. The average molecular weight is 447 g/mol. The molecule has 0 saturated carbocycles. The molecule has 0 radical (unpaired) electrons. The number of carbonyl (C=O) groups excluding carboxylic acids is 4. The number of aliphatic carboxylic acids is 2. The molecule has 14 heteroatoms. The van der Waals surface area contributed by atoms with Crippen molar-refractivity contribution in [3.8, 4) is 0 Å². The summed E-state index contributed by atoms with van der Waals surface area (Å²) in [7, 11) is 0. The number of amides is 4. The molecule has 0 aromatic carbocycles. The van der Waals surface area contributed by atoms with Gasteiger partial charge < -0.3 is 42.7 Å². The Morgan fingerprint density at radius 1 is 0.806 bits per heavy atom. The molecule has 0 aliphatic heterocycles. The summed E-state index contributed by atoms with van der Waals surface area (Å²) in [5.41, 5.74) is 10.4. The van der Waals surface area contributed by atoms with E-state index >= 15 is 0 Å². The van der Waals surface area contributed by atoms with Crippen LogP contribution >= 0.6 is 0 Å². The molecule has 176 valence electrons. The highest BCUT2D eigenvalue weighted by molar-refractivity contribution is 5.96. The predicted molar refractivity (Wildman–Crippen MR) is 104 cm³/mol. The number of rotatable bonds is 14. The van der Waals surface area contributed by atoms with Crippen LogP contribution in [0.25, 0.3) is 0 Å². The Bertz CT molecular complexity index is 697. The van der Waals surface area contributed by atoms with Crippen molar-refractivity contribution in [2.24, 2.45) is 17.4 Å². The minimum Gasteiger partial charge on any atom is -0.481 e. The number of carboxylic acids is 2. The molecule has 0 aromatic rings. The van der Waals surface area contributed by atoms with Crippen LogP contribution in [0.5, 0.6) is 0 Å². The molecule has 4 amide bonds. The average Bonchev–Trinajstić information content (AvgIpc) is 2.62. The van der Waals surface area contributed by atoms with E-state index in [0.29, 0.717) is 0 Å². The predicted octanol–water partition coefficient (Wildman–Crippen LogP) is -3.76. The first-order valence-electron chi connectivity index (χ1n) is 9.28. The lowest BCUT2D eigenvalue weighted by atomic mass is 10.0. The van der Waals surface area contributed by atoms with Gasteiger partial charge in [0.15, 0.2) is 0 Å². The number of aliphatic hydroxyl groups excluding tert-OH is 1. The molecule has 0 aromatic heterocycles. The van der Waals surface area contributed by atoms with Crippen LogP contribution in [0.3, 0.4) is 0 Å². The molecule has 0 spiro atoms. The molecule has 0 fully saturated rings. The lowest BCUT2D eigenvalue weighted by Gasteiger charge is -2.24. The normalized spacial score (nSPS) is 14.6. The summed E-state index contributed by atoms with van der Waals surface area (Å²) >= 11 is 0. The number of nitrogens with one attached hydrogen (secondary N) is 3. The van der Waals surface area contributed by atoms with Crippen molar-refractivity contribution < 1.29 is 44.1 Å². The van der Waals surface area contributed by atoms with Gasteiger partial charge in [-0.2, -0.15) is 0 Å². The maximum atomic E-state index is 12.4. The van der Waals surface area contributed by atoms with E-state index in [2.05, 4.69) is 5.32 Å². The molecule has 0 aliphatic rings. The molecule has 0 bridgehead atoms. The summed E-state index contributed by atoms with van der Waals surface area (Å²) in [5, 5.41) is 33.8. The van der Waals surface area contributed by atoms with E-state index in [1.165, 1.54) is 0 Å². The zero-order valence-corrected chi connectivity index (χ0v) is 17.2. The Morgan fingerprint density at radius 2 is 1.29 bits per heavy atom. The van der Waals surface area contributed by atoms with Crippen LogP contribution in [-0.4, -0.2) is 81.7 Å². The Morgan fingerprint density at radius 3 is 1.71 bits per heavy atom. The maximum Gasteiger partial charge on any atom is 0.326 e. The third-order valence-electron chi connectivity index (χ3n) is 3.91.